The lowest BCUT2D eigenvalue weighted by Gasteiger charge is -2.19. The van der Waals surface area contributed by atoms with Crippen LogP contribution in [0, 0.1) is 5.82 Å². The van der Waals surface area contributed by atoms with Crippen molar-refractivity contribution >= 4 is 17.5 Å². The predicted octanol–water partition coefficient (Wildman–Crippen LogP) is 4.60. The van der Waals surface area contributed by atoms with Crippen molar-refractivity contribution in [3.05, 3.63) is 94.6 Å². The van der Waals surface area contributed by atoms with Crippen LogP contribution in [0.5, 0.6) is 5.75 Å². The molecular formula is C28H28FN5O3. The molecule has 5 N–H and O–H groups in total. The zero-order valence-corrected chi connectivity index (χ0v) is 20.8. The third-order valence-corrected chi connectivity index (χ3v) is 5.91. The van der Waals surface area contributed by atoms with Crippen LogP contribution in [0.15, 0.2) is 60.7 Å². The fraction of sp³-hybridized carbons (Fsp3) is 0.214. The third-order valence-electron chi connectivity index (χ3n) is 5.91. The Labute approximate surface area is 214 Å². The van der Waals surface area contributed by atoms with Crippen LogP contribution in [-0.4, -0.2) is 31.1 Å². The fourth-order valence-electron chi connectivity index (χ4n) is 3.88. The van der Waals surface area contributed by atoms with Crippen molar-refractivity contribution in [2.24, 2.45) is 0 Å². The zero-order chi connectivity index (χ0) is 26.7. The maximum Gasteiger partial charge on any atom is 0.255 e. The van der Waals surface area contributed by atoms with Crippen LogP contribution in [0.2, 0.25) is 0 Å². The number of aromatic hydroxyl groups is 1. The molecule has 0 saturated carbocycles. The number of amides is 1. The standard InChI is InChI=1S/C28H28FN5O3/c1-28(2,3)18-10-8-17(9-11-18)26(37)31-22-6-4-5-19(20(22)15-35)25-32-24(33-27(30)34-25)14-16-7-12-23(36)21(29)13-16/h4-13,35-36H,14-15H2,1-3H3,(H,31,37)(H2,30,32,33,34). The zero-order valence-electron chi connectivity index (χ0n) is 20.8. The number of nitrogen functional groups attached to an aromatic ring is 1. The topological polar surface area (TPSA) is 134 Å². The summed E-state index contributed by atoms with van der Waals surface area (Å²) in [5.74, 6) is -1.08. The summed E-state index contributed by atoms with van der Waals surface area (Å²) in [4.78, 5) is 25.8. The molecule has 0 aliphatic carbocycles. The van der Waals surface area contributed by atoms with Gasteiger partial charge in [0.2, 0.25) is 5.95 Å². The number of hydrogen-bond donors (Lipinski definition) is 4. The van der Waals surface area contributed by atoms with Crippen molar-refractivity contribution in [3.63, 3.8) is 0 Å². The summed E-state index contributed by atoms with van der Waals surface area (Å²) in [7, 11) is 0. The van der Waals surface area contributed by atoms with E-state index in [1.54, 1.807) is 36.4 Å². The molecular weight excluding hydrogens is 473 g/mol. The Morgan fingerprint density at radius 1 is 1.03 bits per heavy atom. The van der Waals surface area contributed by atoms with E-state index in [0.29, 0.717) is 27.9 Å². The molecule has 1 amide bonds. The molecule has 1 aromatic heterocycles. The van der Waals surface area contributed by atoms with E-state index in [1.807, 2.05) is 12.1 Å². The van der Waals surface area contributed by atoms with Crippen LogP contribution in [0.4, 0.5) is 16.0 Å². The van der Waals surface area contributed by atoms with Crippen LogP contribution >= 0.6 is 0 Å². The number of rotatable bonds is 6. The van der Waals surface area contributed by atoms with Crippen LogP contribution in [0.1, 0.15) is 53.6 Å². The van der Waals surface area contributed by atoms with Gasteiger partial charge in [0.05, 0.1) is 6.61 Å². The molecule has 9 heteroatoms. The highest BCUT2D eigenvalue weighted by atomic mass is 19.1. The number of phenols is 1. The summed E-state index contributed by atoms with van der Waals surface area (Å²) in [5.41, 5.74) is 9.31. The Balaban J connectivity index is 1.63. The lowest BCUT2D eigenvalue weighted by atomic mass is 9.86. The van der Waals surface area contributed by atoms with E-state index in [4.69, 9.17) is 5.73 Å². The van der Waals surface area contributed by atoms with Gasteiger partial charge in [-0.1, -0.05) is 51.1 Å². The van der Waals surface area contributed by atoms with E-state index in [1.165, 1.54) is 12.1 Å². The Morgan fingerprint density at radius 3 is 2.41 bits per heavy atom. The number of aliphatic hydroxyl groups is 1. The molecule has 0 spiro atoms. The maximum absolute atomic E-state index is 13.8. The van der Waals surface area contributed by atoms with Gasteiger partial charge in [-0.3, -0.25) is 4.79 Å². The van der Waals surface area contributed by atoms with E-state index >= 15 is 0 Å². The number of phenolic OH excluding ortho intramolecular Hbond substituents is 1. The first-order valence-corrected chi connectivity index (χ1v) is 11.7. The van der Waals surface area contributed by atoms with E-state index in [-0.39, 0.29) is 35.3 Å². The number of benzene rings is 3. The number of anilines is 2. The molecule has 0 fully saturated rings. The molecule has 0 aliphatic heterocycles. The number of nitrogens with two attached hydrogens (primary N) is 1. The Kier molecular flexibility index (Phi) is 7.17. The smallest absolute Gasteiger partial charge is 0.255 e. The molecule has 0 saturated heterocycles. The number of halogens is 1. The quantitative estimate of drug-likeness (QED) is 0.303. The van der Waals surface area contributed by atoms with Crippen molar-refractivity contribution in [1.82, 2.24) is 15.0 Å². The summed E-state index contributed by atoms with van der Waals surface area (Å²) in [5, 5.41) is 22.5. The normalized spacial score (nSPS) is 11.4. The highest BCUT2D eigenvalue weighted by Gasteiger charge is 2.18. The van der Waals surface area contributed by atoms with E-state index in [0.717, 1.165) is 5.56 Å². The SMILES string of the molecule is CC(C)(C)c1ccc(C(=O)Nc2cccc(-c3nc(N)nc(Cc4ccc(O)c(F)c4)n3)c2CO)cc1. The number of nitrogens with one attached hydrogen (secondary N) is 1. The van der Waals surface area contributed by atoms with Gasteiger partial charge in [-0.15, -0.1) is 0 Å². The molecule has 3 aromatic carbocycles. The second-order valence-electron chi connectivity index (χ2n) is 9.67. The second kappa shape index (κ2) is 10.3. The second-order valence-corrected chi connectivity index (χ2v) is 9.67. The summed E-state index contributed by atoms with van der Waals surface area (Å²) >= 11 is 0. The fourth-order valence-corrected chi connectivity index (χ4v) is 3.88. The first-order valence-electron chi connectivity index (χ1n) is 11.7. The van der Waals surface area contributed by atoms with Crippen molar-refractivity contribution in [1.29, 1.82) is 0 Å². The highest BCUT2D eigenvalue weighted by molar-refractivity contribution is 6.05. The van der Waals surface area contributed by atoms with Gasteiger partial charge in [0.1, 0.15) is 5.82 Å². The number of aromatic nitrogens is 3. The first kappa shape index (κ1) is 25.7. The molecule has 4 aromatic rings. The Hall–Kier alpha value is -4.37. The lowest BCUT2D eigenvalue weighted by molar-refractivity contribution is 0.102. The lowest BCUT2D eigenvalue weighted by Crippen LogP contribution is -2.15. The van der Waals surface area contributed by atoms with Crippen LogP contribution in [0.25, 0.3) is 11.4 Å². The average molecular weight is 502 g/mol. The van der Waals surface area contributed by atoms with Crippen LogP contribution < -0.4 is 11.1 Å². The van der Waals surface area contributed by atoms with Gasteiger partial charge in [0.15, 0.2) is 17.4 Å². The summed E-state index contributed by atoms with van der Waals surface area (Å²) < 4.78 is 13.8. The van der Waals surface area contributed by atoms with Crippen molar-refractivity contribution < 1.29 is 19.4 Å². The van der Waals surface area contributed by atoms with Gasteiger partial charge in [-0.25, -0.2) is 9.37 Å². The molecule has 0 radical (unpaired) electrons. The molecule has 0 unspecified atom stereocenters. The van der Waals surface area contributed by atoms with Crippen molar-refractivity contribution in [2.45, 2.75) is 39.2 Å². The average Bonchev–Trinajstić information content (AvgIpc) is 2.85. The first-order chi connectivity index (χ1) is 17.5. The monoisotopic (exact) mass is 501 g/mol. The minimum Gasteiger partial charge on any atom is -0.505 e. The van der Waals surface area contributed by atoms with Crippen molar-refractivity contribution in [3.8, 4) is 17.1 Å². The van der Waals surface area contributed by atoms with Crippen molar-refractivity contribution in [2.75, 3.05) is 11.1 Å². The van der Waals surface area contributed by atoms with Gasteiger partial charge >= 0.3 is 0 Å². The largest absolute Gasteiger partial charge is 0.505 e. The van der Waals surface area contributed by atoms with Crippen LogP contribution in [0.3, 0.4) is 0 Å². The number of hydrogen-bond acceptors (Lipinski definition) is 7. The number of nitrogens with zero attached hydrogens (tertiary/aromatic N) is 3. The summed E-state index contributed by atoms with van der Waals surface area (Å²) in [6.45, 7) is 5.91. The number of aliphatic hydroxyl groups excluding tert-OH is 1. The van der Waals surface area contributed by atoms with Gasteiger partial charge in [-0.05, 0) is 46.9 Å². The molecule has 8 nitrogen and oxygen atoms in total. The minimum absolute atomic E-state index is 0.0327. The minimum atomic E-state index is -0.751. The molecule has 0 bridgehead atoms. The van der Waals surface area contributed by atoms with E-state index in [2.05, 4.69) is 41.0 Å². The molecule has 0 aliphatic rings. The van der Waals surface area contributed by atoms with Gasteiger partial charge in [-0.2, -0.15) is 9.97 Å². The van der Waals surface area contributed by atoms with Gasteiger partial charge in [0, 0.05) is 28.8 Å². The van der Waals surface area contributed by atoms with E-state index < -0.39 is 18.2 Å². The van der Waals surface area contributed by atoms with Crippen LogP contribution in [-0.2, 0) is 18.4 Å². The van der Waals surface area contributed by atoms with Gasteiger partial charge < -0.3 is 21.3 Å². The summed E-state index contributed by atoms with van der Waals surface area (Å²) in [6, 6.07) is 16.5. The molecule has 1 heterocycles. The highest BCUT2D eigenvalue weighted by Crippen LogP contribution is 2.29. The molecule has 37 heavy (non-hydrogen) atoms. The molecule has 190 valence electrons. The predicted molar refractivity (Wildman–Crippen MR) is 140 cm³/mol. The molecule has 0 atom stereocenters. The Morgan fingerprint density at radius 2 is 1.76 bits per heavy atom. The van der Waals surface area contributed by atoms with Gasteiger partial charge in [0.25, 0.3) is 5.91 Å². The molecule has 4 rings (SSSR count). The van der Waals surface area contributed by atoms with E-state index in [9.17, 15) is 19.4 Å². The third kappa shape index (κ3) is 5.90. The Bertz CT molecular complexity index is 1450. The number of carbonyl (C=O) groups excluding carboxylic acids is 1. The number of carbonyl (C=O) groups is 1. The summed E-state index contributed by atoms with van der Waals surface area (Å²) in [6.07, 6.45) is 0.145. The maximum atomic E-state index is 13.8.